The Balaban J connectivity index is 1.09. The third-order valence-corrected chi connectivity index (χ3v) is 7.32. The van der Waals surface area contributed by atoms with Gasteiger partial charge in [-0.3, -0.25) is 4.79 Å². The van der Waals surface area contributed by atoms with Crippen molar-refractivity contribution in [2.45, 2.75) is 35.7 Å². The number of carbonyl (C=O) groups excluding carboxylic acids is 1. The fourth-order valence-electron chi connectivity index (χ4n) is 4.40. The Morgan fingerprint density at radius 3 is 2.79 bits per heavy atom. The summed E-state index contributed by atoms with van der Waals surface area (Å²) < 4.78 is 11.7. The lowest BCUT2D eigenvalue weighted by molar-refractivity contribution is 0.104. The van der Waals surface area contributed by atoms with Crippen molar-refractivity contribution in [2.24, 2.45) is 0 Å². The number of ether oxygens (including phenoxy) is 1. The van der Waals surface area contributed by atoms with Gasteiger partial charge in [-0.25, -0.2) is 0 Å². The van der Waals surface area contributed by atoms with E-state index in [1.54, 1.807) is 23.9 Å². The molecule has 0 unspecified atom stereocenters. The number of fused-ring (bicyclic) bond motifs is 3. The molecular formula is C29H23NO3S. The van der Waals surface area contributed by atoms with E-state index >= 15 is 0 Å². The number of carbonyl (C=O) groups is 1. The summed E-state index contributed by atoms with van der Waals surface area (Å²) in [5, 5.41) is 3.42. The minimum atomic E-state index is -0.0687. The standard InChI is InChI=1S/C29H23NO3S/c31-27(21-9-15-29-26(17-21)30-25-6-1-2-7-28(25)34-29)14-13-22-11-12-24(33-22)18-32-23-10-8-19-4-3-5-20(19)16-23/h1-2,6-17,30H,3-5,18H2/b14-13+. The van der Waals surface area contributed by atoms with Crippen molar-refractivity contribution in [3.05, 3.63) is 107 Å². The number of hydrogen-bond acceptors (Lipinski definition) is 5. The molecule has 2 heterocycles. The average molecular weight is 466 g/mol. The summed E-state index contributed by atoms with van der Waals surface area (Å²) >= 11 is 1.71. The fraction of sp³-hybridized carbons (Fsp3) is 0.138. The van der Waals surface area contributed by atoms with E-state index in [1.165, 1.54) is 22.4 Å². The van der Waals surface area contributed by atoms with Crippen LogP contribution >= 0.6 is 11.8 Å². The number of hydrogen-bond donors (Lipinski definition) is 1. The Labute approximate surface area is 202 Å². The number of aryl methyl sites for hydroxylation is 2. The van der Waals surface area contributed by atoms with E-state index < -0.39 is 0 Å². The molecule has 0 radical (unpaired) electrons. The highest BCUT2D eigenvalue weighted by atomic mass is 32.2. The van der Waals surface area contributed by atoms with Crippen LogP contribution in [0, 0.1) is 0 Å². The topological polar surface area (TPSA) is 51.5 Å². The smallest absolute Gasteiger partial charge is 0.186 e. The number of nitrogens with one attached hydrogen (secondary N) is 1. The predicted octanol–water partition coefficient (Wildman–Crippen LogP) is 7.45. The van der Waals surface area contributed by atoms with E-state index in [0.29, 0.717) is 17.9 Å². The van der Waals surface area contributed by atoms with Crippen LogP contribution < -0.4 is 10.1 Å². The normalized spacial score (nSPS) is 13.8. The summed E-state index contributed by atoms with van der Waals surface area (Å²) in [6, 6.07) is 24.0. The van der Waals surface area contributed by atoms with E-state index in [0.717, 1.165) is 40.6 Å². The van der Waals surface area contributed by atoms with Crippen LogP contribution in [0.3, 0.4) is 0 Å². The summed E-state index contributed by atoms with van der Waals surface area (Å²) in [6.45, 7) is 0.357. The Bertz CT molecular complexity index is 1420. The van der Waals surface area contributed by atoms with Crippen molar-refractivity contribution >= 4 is 35.0 Å². The van der Waals surface area contributed by atoms with Gasteiger partial charge in [0.15, 0.2) is 5.78 Å². The molecule has 168 valence electrons. The van der Waals surface area contributed by atoms with Crippen molar-refractivity contribution in [3.63, 3.8) is 0 Å². The molecule has 1 aliphatic heterocycles. The molecule has 5 heteroatoms. The largest absolute Gasteiger partial charge is 0.486 e. The zero-order chi connectivity index (χ0) is 22.9. The van der Waals surface area contributed by atoms with Crippen molar-refractivity contribution in [3.8, 4) is 5.75 Å². The second kappa shape index (κ2) is 8.92. The van der Waals surface area contributed by atoms with Gasteiger partial charge in [-0.2, -0.15) is 0 Å². The van der Waals surface area contributed by atoms with Crippen LogP contribution in [0.4, 0.5) is 11.4 Å². The molecule has 3 aromatic carbocycles. The molecule has 0 fully saturated rings. The number of allylic oxidation sites excluding steroid dienone is 1. The summed E-state index contributed by atoms with van der Waals surface area (Å²) in [7, 11) is 0. The molecule has 0 saturated carbocycles. The van der Waals surface area contributed by atoms with Gasteiger partial charge in [-0.05, 0) is 97.1 Å². The lowest BCUT2D eigenvalue weighted by atomic mass is 10.1. The number of para-hydroxylation sites is 1. The number of benzene rings is 3. The highest BCUT2D eigenvalue weighted by Gasteiger charge is 2.16. The quantitative estimate of drug-likeness (QED) is 0.208. The predicted molar refractivity (Wildman–Crippen MR) is 135 cm³/mol. The molecular weight excluding hydrogens is 442 g/mol. The maximum absolute atomic E-state index is 12.8. The molecule has 0 amide bonds. The molecule has 0 bridgehead atoms. The Morgan fingerprint density at radius 2 is 1.82 bits per heavy atom. The van der Waals surface area contributed by atoms with Crippen molar-refractivity contribution in [1.29, 1.82) is 0 Å². The van der Waals surface area contributed by atoms with E-state index in [4.69, 9.17) is 9.15 Å². The van der Waals surface area contributed by atoms with Crippen LogP contribution in [0.1, 0.15) is 39.4 Å². The van der Waals surface area contributed by atoms with Crippen LogP contribution in [0.5, 0.6) is 5.75 Å². The first-order valence-corrected chi connectivity index (χ1v) is 12.3. The average Bonchev–Trinajstić information content (AvgIpc) is 3.53. The molecule has 0 spiro atoms. The van der Waals surface area contributed by atoms with E-state index in [1.807, 2.05) is 54.6 Å². The van der Waals surface area contributed by atoms with Gasteiger partial charge in [-0.15, -0.1) is 0 Å². The molecule has 6 rings (SSSR count). The minimum Gasteiger partial charge on any atom is -0.486 e. The number of rotatable bonds is 6. The number of furan rings is 1. The zero-order valence-corrected chi connectivity index (χ0v) is 19.4. The second-order valence-corrected chi connectivity index (χ2v) is 9.59. The van der Waals surface area contributed by atoms with Crippen LogP contribution in [0.15, 0.2) is 93.1 Å². The summed E-state index contributed by atoms with van der Waals surface area (Å²) in [5.41, 5.74) is 5.46. The van der Waals surface area contributed by atoms with Gasteiger partial charge >= 0.3 is 0 Å². The molecule has 0 saturated heterocycles. The molecule has 1 aliphatic carbocycles. The molecule has 4 aromatic rings. The van der Waals surface area contributed by atoms with Gasteiger partial charge in [0.1, 0.15) is 23.9 Å². The van der Waals surface area contributed by atoms with Gasteiger partial charge in [-0.1, -0.05) is 30.0 Å². The van der Waals surface area contributed by atoms with Crippen molar-refractivity contribution in [2.75, 3.05) is 5.32 Å². The third-order valence-electron chi connectivity index (χ3n) is 6.17. The van der Waals surface area contributed by atoms with E-state index in [9.17, 15) is 4.79 Å². The van der Waals surface area contributed by atoms with Crippen LogP contribution in [0.25, 0.3) is 6.08 Å². The number of ketones is 1. The summed E-state index contributed by atoms with van der Waals surface area (Å²) in [4.78, 5) is 15.1. The monoisotopic (exact) mass is 465 g/mol. The van der Waals surface area contributed by atoms with Crippen molar-refractivity contribution < 1.29 is 13.9 Å². The lowest BCUT2D eigenvalue weighted by Crippen LogP contribution is -2.02. The van der Waals surface area contributed by atoms with Crippen LogP contribution in [-0.2, 0) is 19.4 Å². The zero-order valence-electron chi connectivity index (χ0n) is 18.5. The first kappa shape index (κ1) is 20.9. The van der Waals surface area contributed by atoms with Gasteiger partial charge < -0.3 is 14.5 Å². The highest BCUT2D eigenvalue weighted by molar-refractivity contribution is 7.99. The van der Waals surface area contributed by atoms with E-state index in [-0.39, 0.29) is 5.78 Å². The first-order valence-electron chi connectivity index (χ1n) is 11.4. The Kier molecular flexibility index (Phi) is 5.47. The summed E-state index contributed by atoms with van der Waals surface area (Å²) in [5.74, 6) is 2.15. The van der Waals surface area contributed by atoms with Gasteiger partial charge in [0.25, 0.3) is 0 Å². The fourth-order valence-corrected chi connectivity index (χ4v) is 5.37. The molecule has 1 aromatic heterocycles. The summed E-state index contributed by atoms with van der Waals surface area (Å²) in [6.07, 6.45) is 6.77. The van der Waals surface area contributed by atoms with Gasteiger partial charge in [0.05, 0.1) is 11.4 Å². The third kappa shape index (κ3) is 4.27. The Hall–Kier alpha value is -3.70. The second-order valence-electron chi connectivity index (χ2n) is 8.51. The van der Waals surface area contributed by atoms with Crippen LogP contribution in [0.2, 0.25) is 0 Å². The van der Waals surface area contributed by atoms with Gasteiger partial charge in [0.2, 0.25) is 0 Å². The SMILES string of the molecule is O=C(/C=C/c1ccc(COc2ccc3c(c2)CCC3)o1)c1ccc2c(c1)Nc1ccccc1S2. The van der Waals surface area contributed by atoms with E-state index in [2.05, 4.69) is 23.5 Å². The molecule has 0 atom stereocenters. The molecule has 2 aliphatic rings. The molecule has 4 nitrogen and oxygen atoms in total. The highest BCUT2D eigenvalue weighted by Crippen LogP contribution is 2.44. The molecule has 34 heavy (non-hydrogen) atoms. The van der Waals surface area contributed by atoms with Gasteiger partial charge in [0, 0.05) is 15.4 Å². The van der Waals surface area contributed by atoms with Crippen molar-refractivity contribution in [1.82, 2.24) is 0 Å². The molecule has 1 N–H and O–H groups in total. The first-order chi connectivity index (χ1) is 16.7. The lowest BCUT2D eigenvalue weighted by Gasteiger charge is -2.20. The maximum atomic E-state index is 12.8. The number of anilines is 2. The minimum absolute atomic E-state index is 0.0687. The van der Waals surface area contributed by atoms with Crippen LogP contribution in [-0.4, -0.2) is 5.78 Å². The Morgan fingerprint density at radius 1 is 0.941 bits per heavy atom. The maximum Gasteiger partial charge on any atom is 0.186 e.